The number of likely N-dealkylation sites (tertiary alicyclic amines) is 1. The summed E-state index contributed by atoms with van der Waals surface area (Å²) in [4.78, 5) is 46.0. The van der Waals surface area contributed by atoms with Gasteiger partial charge in [0.1, 0.15) is 6.54 Å². The van der Waals surface area contributed by atoms with Crippen LogP contribution in [0.3, 0.4) is 0 Å². The van der Waals surface area contributed by atoms with E-state index in [1.54, 1.807) is 11.7 Å². The maximum absolute atomic E-state index is 13.4. The third-order valence-electron chi connectivity index (χ3n) is 6.63. The highest BCUT2D eigenvalue weighted by Gasteiger charge is 2.22. The predicted molar refractivity (Wildman–Crippen MR) is 132 cm³/mol. The summed E-state index contributed by atoms with van der Waals surface area (Å²) < 4.78 is 14.6. The lowest BCUT2D eigenvalue weighted by molar-refractivity contribution is -0.145. The Morgan fingerprint density at radius 2 is 1.91 bits per heavy atom. The largest absolute Gasteiger partial charge is 0.464 e. The molecule has 0 saturated carbocycles. The summed E-state index contributed by atoms with van der Waals surface area (Å²) in [6, 6.07) is 9.83. The molecule has 0 unspecified atom stereocenters. The van der Waals surface area contributed by atoms with Crippen molar-refractivity contribution < 1.29 is 14.3 Å². The van der Waals surface area contributed by atoms with Gasteiger partial charge in [-0.2, -0.15) is 0 Å². The highest BCUT2D eigenvalue weighted by molar-refractivity contribution is 5.72. The summed E-state index contributed by atoms with van der Waals surface area (Å²) in [5.74, 6) is -0.601. The van der Waals surface area contributed by atoms with Gasteiger partial charge in [0, 0.05) is 19.7 Å². The van der Waals surface area contributed by atoms with E-state index in [0.717, 1.165) is 29.5 Å². The van der Waals surface area contributed by atoms with Crippen LogP contribution in [0.4, 0.5) is 0 Å². The highest BCUT2D eigenvalue weighted by atomic mass is 16.5. The number of ether oxygens (including phenoxy) is 2. The number of methoxy groups -OCH3 is 1. The Kier molecular flexibility index (Phi) is 8.14. The fourth-order valence-corrected chi connectivity index (χ4v) is 4.64. The number of aromatic nitrogens is 4. The first kappa shape index (κ1) is 24.9. The van der Waals surface area contributed by atoms with E-state index in [1.807, 2.05) is 30.3 Å². The van der Waals surface area contributed by atoms with E-state index < -0.39 is 23.8 Å². The molecule has 10 heteroatoms. The van der Waals surface area contributed by atoms with Gasteiger partial charge >= 0.3 is 11.7 Å². The van der Waals surface area contributed by atoms with Crippen molar-refractivity contribution in [2.24, 2.45) is 0 Å². The number of rotatable bonds is 10. The first-order valence-electron chi connectivity index (χ1n) is 12.1. The SMILES string of the molecule is COCCn1cnc2c1c(=O)n(CC(=O)OCC[C@@H]1CCCCN1C)c(=O)n2Cc1ccccc1. The van der Waals surface area contributed by atoms with E-state index >= 15 is 0 Å². The Morgan fingerprint density at radius 1 is 1.11 bits per heavy atom. The Morgan fingerprint density at radius 3 is 2.66 bits per heavy atom. The van der Waals surface area contributed by atoms with Crippen LogP contribution in [-0.2, 0) is 33.9 Å². The zero-order valence-corrected chi connectivity index (χ0v) is 20.4. The molecule has 1 fully saturated rings. The van der Waals surface area contributed by atoms with Gasteiger partial charge in [-0.15, -0.1) is 0 Å². The van der Waals surface area contributed by atoms with Gasteiger partial charge < -0.3 is 18.9 Å². The highest BCUT2D eigenvalue weighted by Crippen LogP contribution is 2.17. The third kappa shape index (κ3) is 5.71. The van der Waals surface area contributed by atoms with Crippen molar-refractivity contribution in [3.8, 4) is 0 Å². The molecule has 1 aromatic carbocycles. The van der Waals surface area contributed by atoms with Gasteiger partial charge in [0.2, 0.25) is 0 Å². The van der Waals surface area contributed by atoms with Crippen molar-refractivity contribution in [2.45, 2.75) is 51.4 Å². The van der Waals surface area contributed by atoms with Crippen LogP contribution in [0, 0.1) is 0 Å². The van der Waals surface area contributed by atoms with Crippen molar-refractivity contribution in [3.05, 3.63) is 63.1 Å². The third-order valence-corrected chi connectivity index (χ3v) is 6.63. The Bertz CT molecular complexity index is 1260. The molecule has 35 heavy (non-hydrogen) atoms. The summed E-state index contributed by atoms with van der Waals surface area (Å²) in [7, 11) is 3.66. The van der Waals surface area contributed by atoms with Gasteiger partial charge in [0.15, 0.2) is 11.2 Å². The van der Waals surface area contributed by atoms with E-state index in [0.29, 0.717) is 19.2 Å². The molecule has 1 atom stereocenters. The van der Waals surface area contributed by atoms with Crippen molar-refractivity contribution in [2.75, 3.05) is 33.9 Å². The molecule has 0 spiro atoms. The van der Waals surface area contributed by atoms with E-state index in [9.17, 15) is 14.4 Å². The zero-order valence-electron chi connectivity index (χ0n) is 20.4. The minimum Gasteiger partial charge on any atom is -0.464 e. The maximum atomic E-state index is 13.4. The standard InChI is InChI=1S/C25H33N5O5/c1-27-12-7-6-10-20(27)11-14-35-21(31)17-30-24(32)22-23(26-18-28(22)13-15-34-2)29(25(30)33)16-19-8-4-3-5-9-19/h3-5,8-9,18,20H,6-7,10-17H2,1-2H3/t20-/m0/s1. The molecule has 2 aromatic heterocycles. The average Bonchev–Trinajstić information content (AvgIpc) is 3.29. The molecular formula is C25H33N5O5. The molecule has 0 amide bonds. The smallest absolute Gasteiger partial charge is 0.333 e. The lowest BCUT2D eigenvalue weighted by atomic mass is 10.0. The molecule has 3 heterocycles. The second-order valence-corrected chi connectivity index (χ2v) is 8.99. The predicted octanol–water partition coefficient (Wildman–Crippen LogP) is 1.47. The molecule has 0 bridgehead atoms. The minimum atomic E-state index is -0.601. The number of carbonyl (C=O) groups excluding carboxylic acids is 1. The number of piperidine rings is 1. The average molecular weight is 484 g/mol. The number of fused-ring (bicyclic) bond motifs is 1. The molecule has 10 nitrogen and oxygen atoms in total. The Balaban J connectivity index is 1.60. The van der Waals surface area contributed by atoms with Crippen molar-refractivity contribution in [1.82, 2.24) is 23.6 Å². The van der Waals surface area contributed by atoms with Crippen LogP contribution >= 0.6 is 0 Å². The molecular weight excluding hydrogens is 450 g/mol. The van der Waals surface area contributed by atoms with Crippen molar-refractivity contribution in [1.29, 1.82) is 0 Å². The first-order chi connectivity index (χ1) is 17.0. The second kappa shape index (κ2) is 11.5. The topological polar surface area (TPSA) is 101 Å². The van der Waals surface area contributed by atoms with E-state index in [2.05, 4.69) is 16.9 Å². The molecule has 0 aliphatic carbocycles. The number of nitrogens with zero attached hydrogens (tertiary/aromatic N) is 5. The monoisotopic (exact) mass is 483 g/mol. The van der Waals surface area contributed by atoms with Crippen LogP contribution in [0.15, 0.2) is 46.2 Å². The molecule has 0 N–H and O–H groups in total. The fourth-order valence-electron chi connectivity index (χ4n) is 4.64. The number of carbonyl (C=O) groups is 1. The van der Waals surface area contributed by atoms with Crippen molar-refractivity contribution >= 4 is 17.1 Å². The zero-order chi connectivity index (χ0) is 24.8. The van der Waals surface area contributed by atoms with Crippen LogP contribution in [0.5, 0.6) is 0 Å². The van der Waals surface area contributed by atoms with E-state index in [1.165, 1.54) is 23.7 Å². The molecule has 4 rings (SSSR count). The van der Waals surface area contributed by atoms with Gasteiger partial charge in [-0.3, -0.25) is 14.2 Å². The molecule has 1 aliphatic heterocycles. The molecule has 188 valence electrons. The lowest BCUT2D eigenvalue weighted by Crippen LogP contribution is -2.43. The van der Waals surface area contributed by atoms with Gasteiger partial charge in [0.05, 0.1) is 26.1 Å². The summed E-state index contributed by atoms with van der Waals surface area (Å²) in [6.45, 7) is 1.85. The van der Waals surface area contributed by atoms with Crippen LogP contribution < -0.4 is 11.2 Å². The first-order valence-corrected chi connectivity index (χ1v) is 12.1. The minimum absolute atomic E-state index is 0.223. The van der Waals surface area contributed by atoms with Gasteiger partial charge in [0.25, 0.3) is 5.56 Å². The van der Waals surface area contributed by atoms with Crippen molar-refractivity contribution in [3.63, 3.8) is 0 Å². The van der Waals surface area contributed by atoms with Gasteiger partial charge in [-0.25, -0.2) is 14.3 Å². The number of hydrogen-bond donors (Lipinski definition) is 0. The fraction of sp³-hybridized carbons (Fsp3) is 0.520. The Labute approximate surface area is 203 Å². The lowest BCUT2D eigenvalue weighted by Gasteiger charge is -2.32. The molecule has 3 aromatic rings. The van der Waals surface area contributed by atoms with E-state index in [4.69, 9.17) is 9.47 Å². The van der Waals surface area contributed by atoms with Gasteiger partial charge in [-0.05, 0) is 38.4 Å². The van der Waals surface area contributed by atoms with Gasteiger partial charge in [-0.1, -0.05) is 36.8 Å². The van der Waals surface area contributed by atoms with Crippen LogP contribution in [-0.4, -0.2) is 69.5 Å². The van der Waals surface area contributed by atoms with Crippen LogP contribution in [0.25, 0.3) is 11.2 Å². The van der Waals surface area contributed by atoms with Crippen LogP contribution in [0.2, 0.25) is 0 Å². The summed E-state index contributed by atoms with van der Waals surface area (Å²) >= 11 is 0. The quantitative estimate of drug-likeness (QED) is 0.403. The number of imidazole rings is 1. The second-order valence-electron chi connectivity index (χ2n) is 8.99. The number of benzene rings is 1. The normalized spacial score (nSPS) is 16.6. The molecule has 0 radical (unpaired) electrons. The van der Waals surface area contributed by atoms with E-state index in [-0.39, 0.29) is 24.3 Å². The number of hydrogen-bond acceptors (Lipinski definition) is 7. The van der Waals surface area contributed by atoms with Crippen LogP contribution in [0.1, 0.15) is 31.2 Å². The summed E-state index contributed by atoms with van der Waals surface area (Å²) in [6.07, 6.45) is 5.71. The Hall–Kier alpha value is -3.24. The summed E-state index contributed by atoms with van der Waals surface area (Å²) in [5.41, 5.74) is 0.269. The summed E-state index contributed by atoms with van der Waals surface area (Å²) in [5, 5.41) is 0. The maximum Gasteiger partial charge on any atom is 0.333 e. The molecule has 1 saturated heterocycles. The number of esters is 1. The molecule has 1 aliphatic rings.